The standard InChI is InChI=1S/C25H19F4N3O4/c1-31-22(25(27,28)29)13-23(33)32(24(31)34)20-12-21(19(30)11-18(20)26)36-17-9-7-16(8-10-17)35-14-15-5-3-2-4-6-15/h2-13H,14,30H2,1H3. The van der Waals surface area contributed by atoms with Crippen LogP contribution in [0.25, 0.3) is 5.69 Å². The Morgan fingerprint density at radius 3 is 2.19 bits per heavy atom. The first kappa shape index (κ1) is 24.6. The zero-order valence-corrected chi connectivity index (χ0v) is 18.8. The summed E-state index contributed by atoms with van der Waals surface area (Å²) in [5.41, 5.74) is 1.84. The van der Waals surface area contributed by atoms with Crippen LogP contribution in [0.4, 0.5) is 23.2 Å². The van der Waals surface area contributed by atoms with E-state index in [0.717, 1.165) is 24.7 Å². The Morgan fingerprint density at radius 2 is 1.56 bits per heavy atom. The quantitative estimate of drug-likeness (QED) is 0.307. The van der Waals surface area contributed by atoms with E-state index in [4.69, 9.17) is 15.2 Å². The van der Waals surface area contributed by atoms with Crippen LogP contribution in [0.1, 0.15) is 11.3 Å². The highest BCUT2D eigenvalue weighted by Gasteiger charge is 2.35. The molecule has 0 saturated heterocycles. The molecular formula is C25H19F4N3O4. The van der Waals surface area contributed by atoms with Gasteiger partial charge in [-0.3, -0.25) is 9.36 Å². The number of halogens is 4. The molecule has 0 aliphatic heterocycles. The average molecular weight is 501 g/mol. The Bertz CT molecular complexity index is 1510. The molecule has 2 N–H and O–H groups in total. The van der Waals surface area contributed by atoms with E-state index in [-0.39, 0.29) is 32.4 Å². The van der Waals surface area contributed by atoms with Crippen molar-refractivity contribution in [2.24, 2.45) is 7.05 Å². The summed E-state index contributed by atoms with van der Waals surface area (Å²) in [6, 6.07) is 17.9. The van der Waals surface area contributed by atoms with Crippen molar-refractivity contribution in [2.45, 2.75) is 12.8 Å². The molecule has 4 aromatic rings. The summed E-state index contributed by atoms with van der Waals surface area (Å²) in [4.78, 5) is 24.9. The van der Waals surface area contributed by atoms with Crippen molar-refractivity contribution in [3.8, 4) is 22.9 Å². The molecule has 186 valence electrons. The molecule has 0 aliphatic rings. The topological polar surface area (TPSA) is 88.5 Å². The van der Waals surface area contributed by atoms with Gasteiger partial charge in [0.2, 0.25) is 0 Å². The van der Waals surface area contributed by atoms with E-state index in [1.807, 2.05) is 30.3 Å². The molecule has 0 fully saturated rings. The lowest BCUT2D eigenvalue weighted by Crippen LogP contribution is -2.41. The van der Waals surface area contributed by atoms with Crippen LogP contribution in [0.2, 0.25) is 0 Å². The fraction of sp³-hybridized carbons (Fsp3) is 0.120. The smallest absolute Gasteiger partial charge is 0.431 e. The molecule has 0 radical (unpaired) electrons. The molecule has 11 heteroatoms. The minimum atomic E-state index is -4.95. The maximum absolute atomic E-state index is 14.7. The molecule has 36 heavy (non-hydrogen) atoms. The highest BCUT2D eigenvalue weighted by atomic mass is 19.4. The van der Waals surface area contributed by atoms with Gasteiger partial charge in [0, 0.05) is 25.2 Å². The van der Waals surface area contributed by atoms with E-state index in [1.165, 1.54) is 0 Å². The van der Waals surface area contributed by atoms with Crippen molar-refractivity contribution in [1.29, 1.82) is 0 Å². The van der Waals surface area contributed by atoms with Gasteiger partial charge >= 0.3 is 11.9 Å². The van der Waals surface area contributed by atoms with E-state index < -0.39 is 34.6 Å². The number of benzene rings is 3. The number of anilines is 1. The van der Waals surface area contributed by atoms with Gasteiger partial charge in [0.15, 0.2) is 5.75 Å². The van der Waals surface area contributed by atoms with Gasteiger partial charge in [-0.1, -0.05) is 30.3 Å². The maximum atomic E-state index is 14.7. The van der Waals surface area contributed by atoms with E-state index in [9.17, 15) is 27.2 Å². The van der Waals surface area contributed by atoms with Crippen LogP contribution in [0, 0.1) is 5.82 Å². The van der Waals surface area contributed by atoms with E-state index in [2.05, 4.69) is 0 Å². The highest BCUT2D eigenvalue weighted by Crippen LogP contribution is 2.32. The first-order valence-electron chi connectivity index (χ1n) is 10.5. The van der Waals surface area contributed by atoms with Crippen molar-refractivity contribution in [1.82, 2.24) is 9.13 Å². The van der Waals surface area contributed by atoms with Gasteiger partial charge in [-0.15, -0.1) is 0 Å². The van der Waals surface area contributed by atoms with Gasteiger partial charge in [-0.05, 0) is 29.8 Å². The number of nitrogens with two attached hydrogens (primary N) is 1. The summed E-state index contributed by atoms with van der Waals surface area (Å²) in [7, 11) is 0.829. The average Bonchev–Trinajstić information content (AvgIpc) is 2.83. The summed E-state index contributed by atoms with van der Waals surface area (Å²) in [5, 5.41) is 0. The van der Waals surface area contributed by atoms with E-state index in [1.54, 1.807) is 24.3 Å². The maximum Gasteiger partial charge on any atom is 0.431 e. The molecule has 1 aromatic heterocycles. The molecule has 0 bridgehead atoms. The van der Waals surface area contributed by atoms with Crippen LogP contribution in [0.5, 0.6) is 17.2 Å². The summed E-state index contributed by atoms with van der Waals surface area (Å²) < 4.78 is 65.9. The van der Waals surface area contributed by atoms with Crippen LogP contribution in [-0.2, 0) is 19.8 Å². The lowest BCUT2D eigenvalue weighted by Gasteiger charge is -2.16. The second-order valence-corrected chi connectivity index (χ2v) is 7.73. The van der Waals surface area contributed by atoms with Crippen molar-refractivity contribution in [3.63, 3.8) is 0 Å². The van der Waals surface area contributed by atoms with E-state index in [0.29, 0.717) is 12.4 Å². The second-order valence-electron chi connectivity index (χ2n) is 7.73. The zero-order chi connectivity index (χ0) is 26.0. The Balaban J connectivity index is 1.62. The van der Waals surface area contributed by atoms with Crippen LogP contribution < -0.4 is 26.5 Å². The van der Waals surface area contributed by atoms with Gasteiger partial charge in [-0.2, -0.15) is 13.2 Å². The monoisotopic (exact) mass is 501 g/mol. The van der Waals surface area contributed by atoms with Crippen LogP contribution in [-0.4, -0.2) is 9.13 Å². The molecule has 0 unspecified atom stereocenters. The minimum absolute atomic E-state index is 0.113. The van der Waals surface area contributed by atoms with Crippen LogP contribution in [0.15, 0.2) is 82.4 Å². The van der Waals surface area contributed by atoms with Crippen LogP contribution >= 0.6 is 0 Å². The van der Waals surface area contributed by atoms with Crippen molar-refractivity contribution >= 4 is 5.69 Å². The van der Waals surface area contributed by atoms with Gasteiger partial charge in [-0.25, -0.2) is 13.8 Å². The lowest BCUT2D eigenvalue weighted by atomic mass is 10.2. The van der Waals surface area contributed by atoms with Crippen molar-refractivity contribution in [3.05, 3.63) is 111 Å². The third-order valence-electron chi connectivity index (χ3n) is 5.23. The van der Waals surface area contributed by atoms with Gasteiger partial charge < -0.3 is 15.2 Å². The van der Waals surface area contributed by atoms with Crippen molar-refractivity contribution < 1.29 is 27.0 Å². The summed E-state index contributed by atoms with van der Waals surface area (Å²) in [5.74, 6) is -0.376. The molecule has 1 heterocycles. The second kappa shape index (κ2) is 9.61. The van der Waals surface area contributed by atoms with Crippen molar-refractivity contribution in [2.75, 3.05) is 5.73 Å². The third kappa shape index (κ3) is 5.09. The number of nitrogens with zero attached hydrogens (tertiary/aromatic N) is 2. The molecule has 0 spiro atoms. The first-order valence-corrected chi connectivity index (χ1v) is 10.5. The lowest BCUT2D eigenvalue weighted by molar-refractivity contribution is -0.144. The van der Waals surface area contributed by atoms with Gasteiger partial charge in [0.1, 0.15) is 29.6 Å². The summed E-state index contributed by atoms with van der Waals surface area (Å²) in [6.07, 6.45) is -4.95. The fourth-order valence-corrected chi connectivity index (χ4v) is 3.41. The molecule has 0 aliphatic carbocycles. The molecule has 3 aromatic carbocycles. The Hall–Kier alpha value is -4.54. The number of hydrogen-bond donors (Lipinski definition) is 1. The third-order valence-corrected chi connectivity index (χ3v) is 5.23. The number of ether oxygens (including phenoxy) is 2. The number of alkyl halides is 3. The van der Waals surface area contributed by atoms with Crippen LogP contribution in [0.3, 0.4) is 0 Å². The normalized spacial score (nSPS) is 11.4. The molecular weight excluding hydrogens is 482 g/mol. The fourth-order valence-electron chi connectivity index (χ4n) is 3.41. The molecule has 0 amide bonds. The number of aromatic nitrogens is 2. The van der Waals surface area contributed by atoms with E-state index >= 15 is 0 Å². The largest absolute Gasteiger partial charge is 0.489 e. The Morgan fingerprint density at radius 1 is 0.917 bits per heavy atom. The summed E-state index contributed by atoms with van der Waals surface area (Å²) >= 11 is 0. The number of hydrogen-bond acceptors (Lipinski definition) is 5. The van der Waals surface area contributed by atoms with Gasteiger partial charge in [0.05, 0.1) is 11.4 Å². The Kier molecular flexibility index (Phi) is 6.56. The Labute approximate surface area is 201 Å². The molecule has 0 atom stereocenters. The first-order chi connectivity index (χ1) is 17.0. The predicted octanol–water partition coefficient (Wildman–Crippen LogP) is 4.65. The minimum Gasteiger partial charge on any atom is -0.489 e. The van der Waals surface area contributed by atoms with Gasteiger partial charge in [0.25, 0.3) is 5.56 Å². The number of nitrogen functional groups attached to an aromatic ring is 1. The highest BCUT2D eigenvalue weighted by molar-refractivity contribution is 5.59. The molecule has 0 saturated carbocycles. The predicted molar refractivity (Wildman–Crippen MR) is 124 cm³/mol. The summed E-state index contributed by atoms with van der Waals surface area (Å²) in [6.45, 7) is 0.353. The number of rotatable bonds is 6. The SMILES string of the molecule is Cn1c(C(F)(F)F)cc(=O)n(-c2cc(Oc3ccc(OCc4ccccc4)cc3)c(N)cc2F)c1=O. The molecule has 4 rings (SSSR count). The zero-order valence-electron chi connectivity index (χ0n) is 18.8. The molecule has 7 nitrogen and oxygen atoms in total.